The molecule has 96 valence electrons. The molecule has 0 aliphatic heterocycles. The monoisotopic (exact) mass is 293 g/mol. The number of H-pyrrole nitrogens is 1. The predicted octanol–water partition coefficient (Wildman–Crippen LogP) is 3.94. The third-order valence-corrected chi connectivity index (χ3v) is 3.32. The van der Waals surface area contributed by atoms with E-state index < -0.39 is 0 Å². The Morgan fingerprint density at radius 3 is 2.89 bits per heavy atom. The number of nitrogens with zero attached hydrogens (tertiary/aromatic N) is 2. The summed E-state index contributed by atoms with van der Waals surface area (Å²) in [6.07, 6.45) is 3.33. The Balaban J connectivity index is 2.27. The minimum absolute atomic E-state index is 0.164. The van der Waals surface area contributed by atoms with Crippen LogP contribution in [0.3, 0.4) is 0 Å². The van der Waals surface area contributed by atoms with Crippen molar-refractivity contribution in [3.05, 3.63) is 40.9 Å². The van der Waals surface area contributed by atoms with E-state index in [9.17, 15) is 0 Å². The maximum absolute atomic E-state index is 6.13. The highest BCUT2D eigenvalue weighted by atomic mass is 35.5. The maximum atomic E-state index is 6.13. The minimum atomic E-state index is 0.164. The Morgan fingerprint density at radius 1 is 1.26 bits per heavy atom. The maximum Gasteiger partial charge on any atom is 0.222 e. The van der Waals surface area contributed by atoms with E-state index in [1.807, 2.05) is 24.4 Å². The van der Waals surface area contributed by atoms with Crippen LogP contribution in [0, 0.1) is 0 Å². The predicted molar refractivity (Wildman–Crippen MR) is 75.9 cm³/mol. The van der Waals surface area contributed by atoms with Crippen LogP contribution in [0.25, 0.3) is 22.2 Å². The van der Waals surface area contributed by atoms with E-state index in [-0.39, 0.29) is 5.28 Å². The van der Waals surface area contributed by atoms with Gasteiger partial charge in [-0.3, -0.25) is 0 Å². The zero-order valence-corrected chi connectivity index (χ0v) is 11.5. The molecule has 6 heteroatoms. The minimum Gasteiger partial charge on any atom is -0.497 e. The second-order valence-electron chi connectivity index (χ2n) is 3.95. The average Bonchev–Trinajstić information content (AvgIpc) is 2.84. The van der Waals surface area contributed by atoms with Crippen molar-refractivity contribution in [2.45, 2.75) is 0 Å². The molecule has 19 heavy (non-hydrogen) atoms. The SMILES string of the molecule is COc1ccc2[nH]cc(-c3nc(Cl)ncc3Cl)c2c1. The van der Waals surface area contributed by atoms with Gasteiger partial charge >= 0.3 is 0 Å². The molecule has 0 amide bonds. The van der Waals surface area contributed by atoms with Gasteiger partial charge in [0.05, 0.1) is 24.0 Å². The van der Waals surface area contributed by atoms with Crippen molar-refractivity contribution in [1.29, 1.82) is 0 Å². The molecule has 0 aliphatic rings. The fourth-order valence-electron chi connectivity index (χ4n) is 1.96. The van der Waals surface area contributed by atoms with Crippen molar-refractivity contribution in [2.24, 2.45) is 0 Å². The lowest BCUT2D eigenvalue weighted by Gasteiger charge is -2.03. The van der Waals surface area contributed by atoms with E-state index in [1.165, 1.54) is 6.20 Å². The van der Waals surface area contributed by atoms with Crippen LogP contribution in [0.15, 0.2) is 30.6 Å². The molecule has 0 fully saturated rings. The summed E-state index contributed by atoms with van der Waals surface area (Å²) in [5, 5.41) is 1.58. The van der Waals surface area contributed by atoms with Gasteiger partial charge in [-0.25, -0.2) is 9.97 Å². The smallest absolute Gasteiger partial charge is 0.222 e. The van der Waals surface area contributed by atoms with Gasteiger partial charge in [0.25, 0.3) is 0 Å². The van der Waals surface area contributed by atoms with Crippen LogP contribution in [0.5, 0.6) is 5.75 Å². The molecule has 2 heterocycles. The molecule has 0 saturated heterocycles. The first kappa shape index (κ1) is 12.3. The lowest BCUT2D eigenvalue weighted by Crippen LogP contribution is -1.88. The molecule has 2 aromatic heterocycles. The van der Waals surface area contributed by atoms with Crippen LogP contribution in [0.1, 0.15) is 0 Å². The number of hydrogen-bond acceptors (Lipinski definition) is 3. The van der Waals surface area contributed by atoms with Crippen molar-refractivity contribution >= 4 is 34.1 Å². The first-order valence-electron chi connectivity index (χ1n) is 5.52. The zero-order chi connectivity index (χ0) is 13.4. The number of aromatic nitrogens is 3. The second-order valence-corrected chi connectivity index (χ2v) is 4.69. The molecule has 0 radical (unpaired) electrons. The molecule has 3 rings (SSSR count). The zero-order valence-electron chi connectivity index (χ0n) is 9.95. The lowest BCUT2D eigenvalue weighted by molar-refractivity contribution is 0.415. The molecule has 0 bridgehead atoms. The van der Waals surface area contributed by atoms with Crippen LogP contribution in [0.4, 0.5) is 0 Å². The molecule has 0 unspecified atom stereocenters. The third kappa shape index (κ3) is 2.13. The molecule has 0 aliphatic carbocycles. The van der Waals surface area contributed by atoms with Crippen molar-refractivity contribution in [3.8, 4) is 17.0 Å². The Kier molecular flexibility index (Phi) is 3.05. The van der Waals surface area contributed by atoms with Gasteiger partial charge in [-0.1, -0.05) is 11.6 Å². The molecule has 1 aromatic carbocycles. The highest BCUT2D eigenvalue weighted by molar-refractivity contribution is 6.34. The number of halogens is 2. The summed E-state index contributed by atoms with van der Waals surface area (Å²) in [5.41, 5.74) is 2.44. The van der Waals surface area contributed by atoms with Gasteiger partial charge in [0.2, 0.25) is 5.28 Å². The fourth-order valence-corrected chi connectivity index (χ4v) is 2.28. The first-order chi connectivity index (χ1) is 9.19. The van der Waals surface area contributed by atoms with Gasteiger partial charge in [-0.05, 0) is 29.8 Å². The number of hydrogen-bond donors (Lipinski definition) is 1. The number of rotatable bonds is 2. The van der Waals surface area contributed by atoms with Gasteiger partial charge in [0, 0.05) is 22.7 Å². The fraction of sp³-hybridized carbons (Fsp3) is 0.0769. The summed E-state index contributed by atoms with van der Waals surface area (Å²) in [6.45, 7) is 0. The largest absolute Gasteiger partial charge is 0.497 e. The van der Waals surface area contributed by atoms with E-state index in [1.54, 1.807) is 7.11 Å². The third-order valence-electron chi connectivity index (χ3n) is 2.86. The number of methoxy groups -OCH3 is 1. The summed E-state index contributed by atoms with van der Waals surface area (Å²) in [4.78, 5) is 11.2. The quantitative estimate of drug-likeness (QED) is 0.728. The van der Waals surface area contributed by atoms with Crippen molar-refractivity contribution in [1.82, 2.24) is 15.0 Å². The number of fused-ring (bicyclic) bond motifs is 1. The van der Waals surface area contributed by atoms with E-state index in [0.29, 0.717) is 10.7 Å². The molecule has 0 spiro atoms. The first-order valence-corrected chi connectivity index (χ1v) is 6.28. The van der Waals surface area contributed by atoms with Crippen molar-refractivity contribution in [2.75, 3.05) is 7.11 Å². The number of benzene rings is 1. The van der Waals surface area contributed by atoms with Crippen molar-refractivity contribution < 1.29 is 4.74 Å². The lowest BCUT2D eigenvalue weighted by atomic mass is 10.1. The Morgan fingerprint density at radius 2 is 2.11 bits per heavy atom. The second kappa shape index (κ2) is 4.72. The van der Waals surface area contributed by atoms with Gasteiger partial charge < -0.3 is 9.72 Å². The summed E-state index contributed by atoms with van der Waals surface area (Å²) in [7, 11) is 1.63. The number of ether oxygens (including phenoxy) is 1. The molecule has 4 nitrogen and oxygen atoms in total. The molecule has 1 N–H and O–H groups in total. The molecule has 0 saturated carbocycles. The van der Waals surface area contributed by atoms with Gasteiger partial charge in [0.1, 0.15) is 5.75 Å². The summed E-state index contributed by atoms with van der Waals surface area (Å²) in [5.74, 6) is 0.768. The van der Waals surface area contributed by atoms with Crippen LogP contribution in [-0.4, -0.2) is 22.1 Å². The van der Waals surface area contributed by atoms with Crippen LogP contribution >= 0.6 is 23.2 Å². The van der Waals surface area contributed by atoms with E-state index in [4.69, 9.17) is 27.9 Å². The van der Waals surface area contributed by atoms with Crippen LogP contribution < -0.4 is 4.74 Å². The Labute approximate surface area is 119 Å². The van der Waals surface area contributed by atoms with Crippen LogP contribution in [0.2, 0.25) is 10.3 Å². The molecule has 3 aromatic rings. The topological polar surface area (TPSA) is 50.8 Å². The summed E-state index contributed by atoms with van der Waals surface area (Å²) in [6, 6.07) is 5.75. The number of aromatic amines is 1. The highest BCUT2D eigenvalue weighted by Crippen LogP contribution is 2.33. The number of nitrogens with one attached hydrogen (secondary N) is 1. The Hall–Kier alpha value is -1.78. The molecule has 0 atom stereocenters. The van der Waals surface area contributed by atoms with Crippen LogP contribution in [-0.2, 0) is 0 Å². The standard InChI is InChI=1S/C13H9Cl2N3O/c1-19-7-2-3-11-8(4-7)9(5-16-11)12-10(14)6-17-13(15)18-12/h2-6,16H,1H3. The van der Waals surface area contributed by atoms with E-state index in [0.717, 1.165) is 22.2 Å². The summed E-state index contributed by atoms with van der Waals surface area (Å²) >= 11 is 12.0. The highest BCUT2D eigenvalue weighted by Gasteiger charge is 2.13. The van der Waals surface area contributed by atoms with Gasteiger partial charge in [0.15, 0.2) is 0 Å². The van der Waals surface area contributed by atoms with Crippen molar-refractivity contribution in [3.63, 3.8) is 0 Å². The molecular weight excluding hydrogens is 285 g/mol. The summed E-state index contributed by atoms with van der Waals surface area (Å²) < 4.78 is 5.23. The Bertz CT molecular complexity index is 755. The van der Waals surface area contributed by atoms with E-state index >= 15 is 0 Å². The van der Waals surface area contributed by atoms with Gasteiger partial charge in [-0.15, -0.1) is 0 Å². The van der Waals surface area contributed by atoms with Gasteiger partial charge in [-0.2, -0.15) is 0 Å². The molecular formula is C13H9Cl2N3O. The normalized spacial score (nSPS) is 10.9. The average molecular weight is 294 g/mol. The van der Waals surface area contributed by atoms with E-state index in [2.05, 4.69) is 15.0 Å².